The van der Waals surface area contributed by atoms with Crippen LogP contribution in [0.5, 0.6) is 5.75 Å². The Kier molecular flexibility index (Phi) is 8.64. The van der Waals surface area contributed by atoms with Crippen molar-refractivity contribution in [1.29, 1.82) is 0 Å². The predicted octanol–water partition coefficient (Wildman–Crippen LogP) is 0.906. The number of amides is 1. The summed E-state index contributed by atoms with van der Waals surface area (Å²) in [6.07, 6.45) is 0. The first-order chi connectivity index (χ1) is 16.0. The summed E-state index contributed by atoms with van der Waals surface area (Å²) < 4.78 is 31.9. The van der Waals surface area contributed by atoms with Gasteiger partial charge >= 0.3 is 11.9 Å². The zero-order valence-corrected chi connectivity index (χ0v) is 18.7. The molecule has 0 bridgehead atoms. The lowest BCUT2D eigenvalue weighted by atomic mass is 10.1. The van der Waals surface area contributed by atoms with E-state index in [2.05, 4.69) is 0 Å². The lowest BCUT2D eigenvalue weighted by Crippen LogP contribution is -2.50. The Morgan fingerprint density at radius 3 is 1.94 bits per heavy atom. The molecule has 14 heteroatoms. The number of hydrogen-bond donors (Lipinski definition) is 2. The van der Waals surface area contributed by atoms with Crippen LogP contribution in [-0.2, 0) is 19.6 Å². The first kappa shape index (κ1) is 26.2. The number of nitro groups is 1. The molecule has 182 valence electrons. The van der Waals surface area contributed by atoms with Crippen molar-refractivity contribution in [3.63, 3.8) is 0 Å². The Morgan fingerprint density at radius 2 is 1.47 bits per heavy atom. The average molecular weight is 495 g/mol. The molecule has 1 aliphatic heterocycles. The molecule has 0 aliphatic carbocycles. The van der Waals surface area contributed by atoms with Crippen molar-refractivity contribution < 1.29 is 42.7 Å². The number of benzene rings is 2. The van der Waals surface area contributed by atoms with Crippen LogP contribution in [0.25, 0.3) is 0 Å². The highest BCUT2D eigenvalue weighted by Gasteiger charge is 2.32. The monoisotopic (exact) mass is 495 g/mol. The Morgan fingerprint density at radius 1 is 0.941 bits per heavy atom. The molecule has 13 nitrogen and oxygen atoms in total. The number of ether oxygens (including phenoxy) is 1. The van der Waals surface area contributed by atoms with E-state index in [9.17, 15) is 23.3 Å². The van der Waals surface area contributed by atoms with Gasteiger partial charge in [0.25, 0.3) is 11.6 Å². The van der Waals surface area contributed by atoms with Crippen molar-refractivity contribution in [2.45, 2.75) is 4.90 Å². The minimum absolute atomic E-state index is 0.000962. The van der Waals surface area contributed by atoms with Crippen molar-refractivity contribution in [3.05, 3.63) is 64.2 Å². The van der Waals surface area contributed by atoms with Crippen molar-refractivity contribution in [1.82, 2.24) is 9.21 Å². The van der Waals surface area contributed by atoms with Crippen molar-refractivity contribution in [2.75, 3.05) is 33.3 Å². The molecule has 0 unspecified atom stereocenters. The summed E-state index contributed by atoms with van der Waals surface area (Å²) in [5, 5.41) is 25.9. The zero-order valence-electron chi connectivity index (χ0n) is 17.9. The fraction of sp³-hybridized carbons (Fsp3) is 0.250. The van der Waals surface area contributed by atoms with E-state index in [0.29, 0.717) is 5.75 Å². The van der Waals surface area contributed by atoms with Gasteiger partial charge in [-0.2, -0.15) is 4.31 Å². The smallest absolute Gasteiger partial charge is 0.414 e. The lowest BCUT2D eigenvalue weighted by molar-refractivity contribution is -0.385. The second-order valence-corrected chi connectivity index (χ2v) is 8.69. The number of nitro benzene ring substituents is 1. The standard InChI is InChI=1S/C18H19N3O6S.C2H2O4/c1-27-14-6-8-15(9-7-14)28(25,26)20-12-10-19(11-13-20)18(22)16-4-2-3-5-17(16)21(23)24;3-1(4)2(5)6/h2-9H,10-13H2,1H3;(H,3,4)(H,5,6). The third-order valence-corrected chi connectivity index (χ3v) is 6.65. The maximum absolute atomic E-state index is 12.8. The first-order valence-corrected chi connectivity index (χ1v) is 11.1. The maximum atomic E-state index is 12.8. The maximum Gasteiger partial charge on any atom is 0.414 e. The second-order valence-electron chi connectivity index (χ2n) is 6.76. The van der Waals surface area contributed by atoms with Gasteiger partial charge in [-0.05, 0) is 30.3 Å². The molecule has 2 N–H and O–H groups in total. The third kappa shape index (κ3) is 6.26. The number of aliphatic carboxylic acids is 2. The minimum atomic E-state index is -3.69. The number of hydrogen-bond acceptors (Lipinski definition) is 8. The largest absolute Gasteiger partial charge is 0.497 e. The molecular weight excluding hydrogens is 474 g/mol. The molecule has 1 heterocycles. The van der Waals surface area contributed by atoms with Crippen LogP contribution in [0.1, 0.15) is 10.4 Å². The summed E-state index contributed by atoms with van der Waals surface area (Å²) in [5.74, 6) is -3.57. The minimum Gasteiger partial charge on any atom is -0.497 e. The fourth-order valence-corrected chi connectivity index (χ4v) is 4.43. The van der Waals surface area contributed by atoms with E-state index in [1.807, 2.05) is 0 Å². The van der Waals surface area contributed by atoms with E-state index >= 15 is 0 Å². The highest BCUT2D eigenvalue weighted by molar-refractivity contribution is 7.89. The number of rotatable bonds is 5. The number of methoxy groups -OCH3 is 1. The quantitative estimate of drug-likeness (QED) is 0.343. The van der Waals surface area contributed by atoms with Gasteiger partial charge in [-0.25, -0.2) is 18.0 Å². The second kappa shape index (κ2) is 11.2. The van der Waals surface area contributed by atoms with Crippen LogP contribution >= 0.6 is 0 Å². The summed E-state index contributed by atoms with van der Waals surface area (Å²) in [7, 11) is -2.19. The third-order valence-electron chi connectivity index (χ3n) is 4.74. The molecule has 0 aromatic heterocycles. The molecule has 0 radical (unpaired) electrons. The topological polar surface area (TPSA) is 185 Å². The Labute approximate surface area is 194 Å². The number of sulfonamides is 1. The first-order valence-electron chi connectivity index (χ1n) is 9.62. The van der Waals surface area contributed by atoms with Crippen LogP contribution < -0.4 is 4.74 Å². The Bertz CT molecular complexity index is 1160. The van der Waals surface area contributed by atoms with E-state index in [-0.39, 0.29) is 42.3 Å². The van der Waals surface area contributed by atoms with E-state index in [4.69, 9.17) is 24.5 Å². The molecule has 3 rings (SSSR count). The molecule has 1 aliphatic rings. The predicted molar refractivity (Wildman–Crippen MR) is 116 cm³/mol. The van der Waals surface area contributed by atoms with Crippen molar-refractivity contribution in [2.24, 2.45) is 0 Å². The summed E-state index contributed by atoms with van der Waals surface area (Å²) in [4.78, 5) is 43.0. The van der Waals surface area contributed by atoms with Gasteiger partial charge in [0, 0.05) is 32.2 Å². The summed E-state index contributed by atoms with van der Waals surface area (Å²) in [5.41, 5.74) is -0.264. The molecule has 1 saturated heterocycles. The number of piperazine rings is 1. The normalized spacial score (nSPS) is 13.9. The zero-order chi connectivity index (χ0) is 25.5. The molecule has 1 amide bonds. The summed E-state index contributed by atoms with van der Waals surface area (Å²) in [6, 6.07) is 11.8. The molecule has 34 heavy (non-hydrogen) atoms. The van der Waals surface area contributed by atoms with Crippen LogP contribution in [0.15, 0.2) is 53.4 Å². The summed E-state index contributed by atoms with van der Waals surface area (Å²) >= 11 is 0. The number of carboxylic acids is 2. The van der Waals surface area contributed by atoms with Crippen LogP contribution in [0.2, 0.25) is 0 Å². The molecular formula is C20H21N3O10S. The van der Waals surface area contributed by atoms with Gasteiger partial charge in [-0.3, -0.25) is 14.9 Å². The average Bonchev–Trinajstić information content (AvgIpc) is 2.84. The van der Waals surface area contributed by atoms with Gasteiger partial charge in [0.1, 0.15) is 11.3 Å². The number of carbonyl (C=O) groups excluding carboxylic acids is 1. The van der Waals surface area contributed by atoms with Crippen molar-refractivity contribution >= 4 is 33.6 Å². The number of para-hydroxylation sites is 1. The Hall–Kier alpha value is -4.04. The number of carbonyl (C=O) groups is 3. The van der Waals surface area contributed by atoms with E-state index in [1.54, 1.807) is 18.2 Å². The van der Waals surface area contributed by atoms with Gasteiger partial charge in [0.15, 0.2) is 0 Å². The molecule has 0 atom stereocenters. The fourth-order valence-electron chi connectivity index (χ4n) is 3.01. The number of nitrogens with zero attached hydrogens (tertiary/aromatic N) is 3. The van der Waals surface area contributed by atoms with E-state index in [1.165, 1.54) is 46.6 Å². The van der Waals surface area contributed by atoms with Crippen LogP contribution in [-0.4, -0.2) is 83.9 Å². The lowest BCUT2D eigenvalue weighted by Gasteiger charge is -2.34. The molecule has 2 aromatic carbocycles. The molecule has 0 spiro atoms. The summed E-state index contributed by atoms with van der Waals surface area (Å²) in [6.45, 7) is 0.530. The molecule has 1 fully saturated rings. The van der Waals surface area contributed by atoms with Gasteiger partial charge in [-0.1, -0.05) is 12.1 Å². The Balaban J connectivity index is 0.000000604. The van der Waals surface area contributed by atoms with Crippen LogP contribution in [0, 0.1) is 10.1 Å². The molecule has 0 saturated carbocycles. The van der Waals surface area contributed by atoms with Crippen LogP contribution in [0.4, 0.5) is 5.69 Å². The highest BCUT2D eigenvalue weighted by atomic mass is 32.2. The highest BCUT2D eigenvalue weighted by Crippen LogP contribution is 2.23. The van der Waals surface area contributed by atoms with Gasteiger partial charge < -0.3 is 19.8 Å². The van der Waals surface area contributed by atoms with Gasteiger partial charge in [0.2, 0.25) is 10.0 Å². The van der Waals surface area contributed by atoms with Crippen LogP contribution in [0.3, 0.4) is 0 Å². The molecule has 2 aromatic rings. The van der Waals surface area contributed by atoms with E-state index < -0.39 is 32.8 Å². The van der Waals surface area contributed by atoms with Crippen molar-refractivity contribution in [3.8, 4) is 5.75 Å². The number of carboxylic acid groups (broad SMARTS) is 2. The van der Waals surface area contributed by atoms with Gasteiger partial charge in [-0.15, -0.1) is 0 Å². The SMILES string of the molecule is COc1ccc(S(=O)(=O)N2CCN(C(=O)c3ccccc3[N+](=O)[O-])CC2)cc1.O=C(O)C(=O)O. The van der Waals surface area contributed by atoms with E-state index in [0.717, 1.165) is 0 Å². The van der Waals surface area contributed by atoms with Gasteiger partial charge in [0.05, 0.1) is 16.9 Å².